The maximum absolute atomic E-state index is 2.99. The Morgan fingerprint density at radius 1 is 0.590 bits per heavy atom. The molecule has 3 aromatic rings. The molecular formula is C38H57N. The lowest BCUT2D eigenvalue weighted by molar-refractivity contribution is 0.0558. The molecule has 5 rings (SSSR count). The Morgan fingerprint density at radius 3 is 1.31 bits per heavy atom. The zero-order chi connectivity index (χ0) is 27.8. The predicted molar refractivity (Wildman–Crippen MR) is 172 cm³/mol. The Hall–Kier alpha value is -1.76. The summed E-state index contributed by atoms with van der Waals surface area (Å²) in [6, 6.07) is 15.1. The average Bonchev–Trinajstić information content (AvgIpc) is 3.15. The van der Waals surface area contributed by atoms with Crippen molar-refractivity contribution in [2.45, 2.75) is 155 Å². The molecule has 2 fully saturated rings. The SMILES string of the molecule is CCCC(C1CCCCCC1)(C1CCCCCC1)n1c2ccc(C(C)(C)C)cc2c2cc(C(C)(C)C)ccc21. The van der Waals surface area contributed by atoms with E-state index in [1.165, 1.54) is 123 Å². The van der Waals surface area contributed by atoms with Crippen LogP contribution in [0.2, 0.25) is 0 Å². The van der Waals surface area contributed by atoms with Gasteiger partial charge in [0, 0.05) is 21.8 Å². The highest BCUT2D eigenvalue weighted by molar-refractivity contribution is 6.09. The largest absolute Gasteiger partial charge is 0.334 e. The standard InChI is InChI=1S/C38H57N/c1-8-25-38(28-17-13-9-10-14-18-28,29-19-15-11-12-16-20-29)39-34-23-21-30(36(2,3)4)26-32(34)33-27-31(37(5,6)7)22-24-35(33)39/h21-24,26-29H,8-20,25H2,1-7H3. The van der Waals surface area contributed by atoms with Crippen molar-refractivity contribution in [1.82, 2.24) is 4.57 Å². The van der Waals surface area contributed by atoms with Crippen LogP contribution in [0.3, 0.4) is 0 Å². The normalized spacial score (nSPS) is 19.5. The van der Waals surface area contributed by atoms with Crippen LogP contribution in [0, 0.1) is 11.8 Å². The lowest BCUT2D eigenvalue weighted by atomic mass is 9.65. The van der Waals surface area contributed by atoms with Crippen LogP contribution in [-0.4, -0.2) is 4.57 Å². The lowest BCUT2D eigenvalue weighted by Gasteiger charge is -2.49. The molecule has 0 N–H and O–H groups in total. The fraction of sp³-hybridized carbons (Fsp3) is 0.684. The van der Waals surface area contributed by atoms with E-state index in [1.54, 1.807) is 0 Å². The molecule has 39 heavy (non-hydrogen) atoms. The van der Waals surface area contributed by atoms with Crippen molar-refractivity contribution >= 4 is 21.8 Å². The van der Waals surface area contributed by atoms with Crippen LogP contribution in [0.4, 0.5) is 0 Å². The van der Waals surface area contributed by atoms with E-state index in [4.69, 9.17) is 0 Å². The lowest BCUT2D eigenvalue weighted by Crippen LogP contribution is -2.47. The van der Waals surface area contributed by atoms with Gasteiger partial charge in [0.15, 0.2) is 0 Å². The molecule has 214 valence electrons. The zero-order valence-electron chi connectivity index (χ0n) is 26.5. The first-order valence-electron chi connectivity index (χ1n) is 16.7. The van der Waals surface area contributed by atoms with Gasteiger partial charge < -0.3 is 4.57 Å². The molecule has 0 radical (unpaired) electrons. The highest BCUT2D eigenvalue weighted by Gasteiger charge is 2.47. The van der Waals surface area contributed by atoms with Crippen LogP contribution >= 0.6 is 0 Å². The molecule has 0 bridgehead atoms. The highest BCUT2D eigenvalue weighted by Crippen LogP contribution is 2.53. The molecular weight excluding hydrogens is 470 g/mol. The maximum atomic E-state index is 2.99. The second-order valence-corrected chi connectivity index (χ2v) is 15.4. The number of benzene rings is 2. The van der Waals surface area contributed by atoms with Gasteiger partial charge in [-0.3, -0.25) is 0 Å². The molecule has 1 nitrogen and oxygen atoms in total. The van der Waals surface area contributed by atoms with Gasteiger partial charge in [0.25, 0.3) is 0 Å². The Bertz CT molecular complexity index is 1150. The van der Waals surface area contributed by atoms with Crippen LogP contribution in [0.1, 0.15) is 149 Å². The fourth-order valence-corrected chi connectivity index (χ4v) is 8.58. The first kappa shape index (κ1) is 28.8. The van der Waals surface area contributed by atoms with E-state index in [0.717, 1.165) is 11.8 Å². The van der Waals surface area contributed by atoms with Gasteiger partial charge in [-0.25, -0.2) is 0 Å². The van der Waals surface area contributed by atoms with Gasteiger partial charge in [-0.15, -0.1) is 0 Å². The number of hydrogen-bond acceptors (Lipinski definition) is 0. The number of aromatic nitrogens is 1. The third kappa shape index (κ3) is 5.46. The van der Waals surface area contributed by atoms with Gasteiger partial charge in [0.05, 0.1) is 5.54 Å². The van der Waals surface area contributed by atoms with E-state index >= 15 is 0 Å². The summed E-state index contributed by atoms with van der Waals surface area (Å²) in [6.07, 6.45) is 19.7. The molecule has 2 saturated carbocycles. The summed E-state index contributed by atoms with van der Waals surface area (Å²) in [5.74, 6) is 1.57. The van der Waals surface area contributed by atoms with E-state index in [9.17, 15) is 0 Å². The minimum atomic E-state index is 0.146. The quantitative estimate of drug-likeness (QED) is 0.291. The summed E-state index contributed by atoms with van der Waals surface area (Å²) in [4.78, 5) is 0. The van der Waals surface area contributed by atoms with Crippen molar-refractivity contribution in [3.63, 3.8) is 0 Å². The molecule has 0 atom stereocenters. The van der Waals surface area contributed by atoms with E-state index in [0.29, 0.717) is 0 Å². The van der Waals surface area contributed by atoms with Gasteiger partial charge in [0.1, 0.15) is 0 Å². The van der Waals surface area contributed by atoms with Crippen molar-refractivity contribution in [3.05, 3.63) is 47.5 Å². The molecule has 0 aliphatic heterocycles. The maximum Gasteiger partial charge on any atom is 0.0507 e. The number of fused-ring (bicyclic) bond motifs is 3. The van der Waals surface area contributed by atoms with Crippen molar-refractivity contribution in [2.75, 3.05) is 0 Å². The van der Waals surface area contributed by atoms with E-state index in [1.807, 2.05) is 0 Å². The first-order valence-corrected chi connectivity index (χ1v) is 16.7. The van der Waals surface area contributed by atoms with E-state index in [2.05, 4.69) is 89.4 Å². The minimum absolute atomic E-state index is 0.146. The average molecular weight is 528 g/mol. The van der Waals surface area contributed by atoms with Crippen LogP contribution in [0.5, 0.6) is 0 Å². The molecule has 1 heteroatoms. The molecule has 2 aromatic carbocycles. The second kappa shape index (κ2) is 11.3. The topological polar surface area (TPSA) is 4.93 Å². The first-order chi connectivity index (χ1) is 18.6. The fourth-order valence-electron chi connectivity index (χ4n) is 8.58. The third-order valence-corrected chi connectivity index (χ3v) is 10.7. The van der Waals surface area contributed by atoms with Crippen LogP contribution < -0.4 is 0 Å². The Labute approximate surface area is 240 Å². The number of rotatable bonds is 5. The van der Waals surface area contributed by atoms with E-state index in [-0.39, 0.29) is 16.4 Å². The molecule has 1 heterocycles. The Kier molecular flexibility index (Phi) is 8.30. The van der Waals surface area contributed by atoms with Crippen LogP contribution in [0.15, 0.2) is 36.4 Å². The molecule has 0 spiro atoms. The van der Waals surface area contributed by atoms with Gasteiger partial charge in [-0.2, -0.15) is 0 Å². The molecule has 2 aliphatic carbocycles. The van der Waals surface area contributed by atoms with Gasteiger partial charge in [-0.05, 0) is 90.2 Å². The Morgan fingerprint density at radius 2 is 0.974 bits per heavy atom. The molecule has 0 unspecified atom stereocenters. The summed E-state index contributed by atoms with van der Waals surface area (Å²) in [6.45, 7) is 16.7. The summed E-state index contributed by atoms with van der Waals surface area (Å²) in [7, 11) is 0. The Balaban J connectivity index is 1.87. The second-order valence-electron chi connectivity index (χ2n) is 15.4. The zero-order valence-corrected chi connectivity index (χ0v) is 26.5. The van der Waals surface area contributed by atoms with Crippen molar-refractivity contribution in [1.29, 1.82) is 0 Å². The van der Waals surface area contributed by atoms with Crippen LogP contribution in [0.25, 0.3) is 21.8 Å². The summed E-state index contributed by atoms with van der Waals surface area (Å²) < 4.78 is 2.99. The number of hydrogen-bond donors (Lipinski definition) is 0. The predicted octanol–water partition coefficient (Wildman–Crippen LogP) is 11.8. The summed E-state index contributed by atoms with van der Waals surface area (Å²) in [5, 5.41) is 2.98. The smallest absolute Gasteiger partial charge is 0.0507 e. The van der Waals surface area contributed by atoms with Crippen LogP contribution in [-0.2, 0) is 16.4 Å². The minimum Gasteiger partial charge on any atom is -0.334 e. The summed E-state index contributed by atoms with van der Waals surface area (Å²) >= 11 is 0. The van der Waals surface area contributed by atoms with Gasteiger partial charge in [-0.1, -0.05) is 118 Å². The van der Waals surface area contributed by atoms with Crippen molar-refractivity contribution in [2.24, 2.45) is 11.8 Å². The summed E-state index contributed by atoms with van der Waals surface area (Å²) in [5.41, 5.74) is 6.44. The monoisotopic (exact) mass is 527 g/mol. The van der Waals surface area contributed by atoms with E-state index < -0.39 is 0 Å². The van der Waals surface area contributed by atoms with Crippen molar-refractivity contribution < 1.29 is 0 Å². The molecule has 2 aliphatic rings. The third-order valence-electron chi connectivity index (χ3n) is 10.7. The van der Waals surface area contributed by atoms with Gasteiger partial charge >= 0.3 is 0 Å². The number of nitrogens with zero attached hydrogens (tertiary/aromatic N) is 1. The van der Waals surface area contributed by atoms with Gasteiger partial charge in [0.2, 0.25) is 0 Å². The molecule has 1 aromatic heterocycles. The molecule has 0 amide bonds. The highest BCUT2D eigenvalue weighted by atomic mass is 15.1. The van der Waals surface area contributed by atoms with Crippen molar-refractivity contribution in [3.8, 4) is 0 Å². The molecule has 0 saturated heterocycles.